The minimum absolute atomic E-state index is 0.0652. The maximum atomic E-state index is 13.9. The Kier molecular flexibility index (Phi) is 10.7. The smallest absolute Gasteiger partial charge is 0.257 e. The van der Waals surface area contributed by atoms with Crippen molar-refractivity contribution in [2.45, 2.75) is 43.0 Å². The predicted octanol–water partition coefficient (Wildman–Crippen LogP) is 5.21. The van der Waals surface area contributed by atoms with Gasteiger partial charge in [0.25, 0.3) is 5.91 Å². The minimum Gasteiger partial charge on any atom is -0.612 e. The van der Waals surface area contributed by atoms with Crippen molar-refractivity contribution in [2.24, 2.45) is 0 Å². The fourth-order valence-electron chi connectivity index (χ4n) is 7.22. The molecule has 4 aromatic rings. The van der Waals surface area contributed by atoms with Crippen molar-refractivity contribution in [1.82, 2.24) is 19.4 Å². The van der Waals surface area contributed by atoms with Gasteiger partial charge in [0.15, 0.2) is 4.90 Å². The second kappa shape index (κ2) is 15.1. The normalized spacial score (nSPS) is 19.7. The van der Waals surface area contributed by atoms with Crippen molar-refractivity contribution in [2.75, 3.05) is 77.3 Å². The average molecular weight is 658 g/mol. The van der Waals surface area contributed by atoms with Crippen molar-refractivity contribution in [3.05, 3.63) is 83.9 Å². The van der Waals surface area contributed by atoms with Gasteiger partial charge in [0, 0.05) is 57.4 Å². The number of para-hydroxylation sites is 2. The summed E-state index contributed by atoms with van der Waals surface area (Å²) in [6, 6.07) is 24.3. The molecule has 6 rings (SSSR count). The molecule has 0 aliphatic carbocycles. The standard InChI is InChI=1S/C37H47N5O4S/c1-4-46-26-25-42-33-14-9-8-13-32(33)38-36(42)40-20-10-19-39(23-24-40)21-17-37(29-11-6-5-7-12-29)18-22-41(28-37)35(43)31-27-30(47(3)44)15-16-34(31)45-2/h5-9,11-16,27H,4,10,17-26,28H2,1-3H3. The van der Waals surface area contributed by atoms with E-state index >= 15 is 0 Å². The molecule has 2 atom stereocenters. The highest BCUT2D eigenvalue weighted by atomic mass is 32.2. The zero-order valence-corrected chi connectivity index (χ0v) is 28.7. The molecule has 2 saturated heterocycles. The van der Waals surface area contributed by atoms with Crippen molar-refractivity contribution < 1.29 is 18.8 Å². The van der Waals surface area contributed by atoms with Gasteiger partial charge in [-0.2, -0.15) is 0 Å². The molecular weight excluding hydrogens is 611 g/mol. The van der Waals surface area contributed by atoms with Gasteiger partial charge in [0.05, 0.1) is 30.3 Å². The summed E-state index contributed by atoms with van der Waals surface area (Å²) in [5.41, 5.74) is 3.79. The number of imidazole rings is 1. The number of benzene rings is 3. The Morgan fingerprint density at radius 3 is 2.57 bits per heavy atom. The van der Waals surface area contributed by atoms with E-state index in [4.69, 9.17) is 14.5 Å². The van der Waals surface area contributed by atoms with E-state index in [9.17, 15) is 9.35 Å². The Labute approximate surface area is 281 Å². The first-order valence-corrected chi connectivity index (χ1v) is 18.3. The number of carbonyl (C=O) groups is 1. The summed E-state index contributed by atoms with van der Waals surface area (Å²) in [7, 11) is 1.58. The molecule has 0 N–H and O–H groups in total. The highest BCUT2D eigenvalue weighted by molar-refractivity contribution is 7.90. The molecule has 0 radical (unpaired) electrons. The average Bonchev–Trinajstić information content (AvgIpc) is 3.62. The monoisotopic (exact) mass is 657 g/mol. The van der Waals surface area contributed by atoms with Gasteiger partial charge in [-0.05, 0) is 80.3 Å². The summed E-state index contributed by atoms with van der Waals surface area (Å²) in [5.74, 6) is 1.48. The zero-order chi connectivity index (χ0) is 32.8. The molecular formula is C37H47N5O4S. The number of fused-ring (bicyclic) bond motifs is 1. The lowest BCUT2D eigenvalue weighted by molar-refractivity contribution is 0.0777. The Balaban J connectivity index is 1.16. The summed E-state index contributed by atoms with van der Waals surface area (Å²) >= 11 is -1.19. The first-order valence-electron chi connectivity index (χ1n) is 16.8. The molecule has 10 heteroatoms. The lowest BCUT2D eigenvalue weighted by Crippen LogP contribution is -2.39. The maximum absolute atomic E-state index is 13.9. The summed E-state index contributed by atoms with van der Waals surface area (Å²) in [4.78, 5) is 26.6. The van der Waals surface area contributed by atoms with Crippen LogP contribution in [0.15, 0.2) is 77.7 Å². The van der Waals surface area contributed by atoms with E-state index in [0.717, 1.165) is 75.5 Å². The topological polar surface area (TPSA) is 86.1 Å². The molecule has 2 aliphatic rings. The van der Waals surface area contributed by atoms with E-state index in [0.29, 0.717) is 42.5 Å². The minimum atomic E-state index is -1.19. The number of nitrogens with zero attached hydrogens (tertiary/aromatic N) is 5. The van der Waals surface area contributed by atoms with Gasteiger partial charge in [0.2, 0.25) is 5.95 Å². The number of methoxy groups -OCH3 is 1. The van der Waals surface area contributed by atoms with E-state index in [1.165, 1.54) is 5.56 Å². The fourth-order valence-corrected chi connectivity index (χ4v) is 7.76. The molecule has 2 unspecified atom stereocenters. The Hall–Kier alpha value is -3.57. The number of ether oxygens (including phenoxy) is 2. The van der Waals surface area contributed by atoms with E-state index in [-0.39, 0.29) is 11.3 Å². The molecule has 250 valence electrons. The number of hydrogen-bond acceptors (Lipinski definition) is 7. The van der Waals surface area contributed by atoms with Gasteiger partial charge < -0.3 is 33.3 Å². The number of amides is 1. The quantitative estimate of drug-likeness (QED) is 0.153. The molecule has 0 saturated carbocycles. The van der Waals surface area contributed by atoms with E-state index in [2.05, 4.69) is 69.0 Å². The highest BCUT2D eigenvalue weighted by Crippen LogP contribution is 2.39. The molecule has 3 heterocycles. The third-order valence-electron chi connectivity index (χ3n) is 9.84. The lowest BCUT2D eigenvalue weighted by atomic mass is 9.76. The van der Waals surface area contributed by atoms with Crippen LogP contribution in [-0.4, -0.2) is 102 Å². The largest absolute Gasteiger partial charge is 0.612 e. The van der Waals surface area contributed by atoms with Gasteiger partial charge in [-0.25, -0.2) is 4.98 Å². The summed E-state index contributed by atoms with van der Waals surface area (Å²) in [6.07, 6.45) is 4.55. The van der Waals surface area contributed by atoms with Gasteiger partial charge >= 0.3 is 0 Å². The van der Waals surface area contributed by atoms with E-state index in [1.807, 2.05) is 11.8 Å². The molecule has 2 aliphatic heterocycles. The van der Waals surface area contributed by atoms with Crippen LogP contribution in [-0.2, 0) is 27.9 Å². The van der Waals surface area contributed by atoms with Crippen LogP contribution in [0.3, 0.4) is 0 Å². The number of aromatic nitrogens is 2. The maximum Gasteiger partial charge on any atom is 0.257 e. The second-order valence-corrected chi connectivity index (χ2v) is 14.0. The molecule has 1 amide bonds. The number of rotatable bonds is 12. The van der Waals surface area contributed by atoms with Crippen molar-refractivity contribution in [1.29, 1.82) is 0 Å². The summed E-state index contributed by atoms with van der Waals surface area (Å²) < 4.78 is 25.8. The number of carbonyl (C=O) groups excluding carboxylic acids is 1. The first-order chi connectivity index (χ1) is 22.9. The number of hydrogen-bond donors (Lipinski definition) is 0. The lowest BCUT2D eigenvalue weighted by Gasteiger charge is -2.33. The van der Waals surface area contributed by atoms with Crippen molar-refractivity contribution in [3.8, 4) is 5.75 Å². The molecule has 47 heavy (non-hydrogen) atoms. The molecule has 0 spiro atoms. The van der Waals surface area contributed by atoms with Gasteiger partial charge in [0.1, 0.15) is 12.0 Å². The van der Waals surface area contributed by atoms with Gasteiger partial charge in [-0.1, -0.05) is 42.5 Å². The number of anilines is 1. The second-order valence-electron chi connectivity index (χ2n) is 12.6. The zero-order valence-electron chi connectivity index (χ0n) is 27.9. The Morgan fingerprint density at radius 2 is 1.79 bits per heavy atom. The van der Waals surface area contributed by atoms with Crippen molar-refractivity contribution in [3.63, 3.8) is 0 Å². The molecule has 0 bridgehead atoms. The van der Waals surface area contributed by atoms with Crippen LogP contribution >= 0.6 is 0 Å². The molecule has 9 nitrogen and oxygen atoms in total. The predicted molar refractivity (Wildman–Crippen MR) is 188 cm³/mol. The third kappa shape index (κ3) is 7.31. The molecule has 2 fully saturated rings. The Bertz CT molecular complexity index is 1650. The Morgan fingerprint density at radius 1 is 0.979 bits per heavy atom. The third-order valence-corrected chi connectivity index (χ3v) is 10.8. The van der Waals surface area contributed by atoms with Crippen LogP contribution in [0.2, 0.25) is 0 Å². The van der Waals surface area contributed by atoms with Gasteiger partial charge in [-0.15, -0.1) is 0 Å². The molecule has 1 aromatic heterocycles. The number of likely N-dealkylation sites (tertiary alicyclic amines) is 1. The van der Waals surface area contributed by atoms with Gasteiger partial charge in [-0.3, -0.25) is 4.79 Å². The summed E-state index contributed by atoms with van der Waals surface area (Å²) in [5, 5.41) is 0. The van der Waals surface area contributed by atoms with Crippen LogP contribution in [0.25, 0.3) is 11.0 Å². The highest BCUT2D eigenvalue weighted by Gasteiger charge is 2.42. The summed E-state index contributed by atoms with van der Waals surface area (Å²) in [6.45, 7) is 10.3. The van der Waals surface area contributed by atoms with E-state index in [1.54, 1.807) is 31.6 Å². The van der Waals surface area contributed by atoms with Crippen LogP contribution in [0.1, 0.15) is 42.1 Å². The SMILES string of the molecule is CCOCCn1c(N2CCCN(CCC3(c4ccccc4)CCN(C(=O)c4cc([S+](C)[O-])ccc4OC)C3)CC2)nc2ccccc21. The molecule has 3 aromatic carbocycles. The van der Waals surface area contributed by atoms with Crippen LogP contribution in [0.5, 0.6) is 5.75 Å². The fraction of sp³-hybridized carbons (Fsp3) is 0.459. The first kappa shape index (κ1) is 33.3. The van der Waals surface area contributed by atoms with Crippen LogP contribution in [0, 0.1) is 0 Å². The van der Waals surface area contributed by atoms with Crippen LogP contribution < -0.4 is 9.64 Å². The van der Waals surface area contributed by atoms with E-state index < -0.39 is 11.2 Å². The van der Waals surface area contributed by atoms with Crippen LogP contribution in [0.4, 0.5) is 5.95 Å². The van der Waals surface area contributed by atoms with Crippen molar-refractivity contribution >= 4 is 34.1 Å².